The van der Waals surface area contributed by atoms with Crippen molar-refractivity contribution in [3.8, 4) is 11.5 Å². The van der Waals surface area contributed by atoms with Crippen molar-refractivity contribution < 1.29 is 23.8 Å². The maximum absolute atomic E-state index is 11.8. The number of ether oxygens (including phenoxy) is 3. The first-order valence-electron chi connectivity index (χ1n) is 7.80. The van der Waals surface area contributed by atoms with E-state index in [2.05, 4.69) is 11.9 Å². The van der Waals surface area contributed by atoms with E-state index in [9.17, 15) is 9.59 Å². The van der Waals surface area contributed by atoms with Crippen molar-refractivity contribution in [1.82, 2.24) is 5.32 Å². The number of carbonyl (C=O) groups is 2. The average molecular weight is 367 g/mol. The number of thioether (sulfide) groups is 1. The molecule has 0 heterocycles. The van der Waals surface area contributed by atoms with Gasteiger partial charge in [0.1, 0.15) is 0 Å². The summed E-state index contributed by atoms with van der Waals surface area (Å²) in [5.41, 5.74) is 2.10. The van der Waals surface area contributed by atoms with Crippen LogP contribution in [0.5, 0.6) is 11.5 Å². The van der Waals surface area contributed by atoms with Gasteiger partial charge in [-0.25, -0.2) is 0 Å². The Bertz CT molecular complexity index is 618. The lowest BCUT2D eigenvalue weighted by molar-refractivity contribution is -0.152. The van der Waals surface area contributed by atoms with E-state index in [1.807, 2.05) is 19.1 Å². The van der Waals surface area contributed by atoms with Crippen LogP contribution in [0.15, 0.2) is 24.8 Å². The summed E-state index contributed by atoms with van der Waals surface area (Å²) >= 11 is 1.41. The summed E-state index contributed by atoms with van der Waals surface area (Å²) < 4.78 is 15.7. The third kappa shape index (κ3) is 6.70. The van der Waals surface area contributed by atoms with Crippen molar-refractivity contribution in [2.24, 2.45) is 0 Å². The van der Waals surface area contributed by atoms with Crippen molar-refractivity contribution in [1.29, 1.82) is 0 Å². The topological polar surface area (TPSA) is 73.9 Å². The van der Waals surface area contributed by atoms with Gasteiger partial charge in [0, 0.05) is 12.3 Å². The van der Waals surface area contributed by atoms with Gasteiger partial charge in [0.2, 0.25) is 0 Å². The lowest BCUT2D eigenvalue weighted by atomic mass is 10.1. The quantitative estimate of drug-likeness (QED) is 0.506. The van der Waals surface area contributed by atoms with Crippen molar-refractivity contribution in [3.63, 3.8) is 0 Å². The first-order valence-corrected chi connectivity index (χ1v) is 8.95. The van der Waals surface area contributed by atoms with Gasteiger partial charge in [-0.05, 0) is 37.1 Å². The normalized spacial score (nSPS) is 11.4. The standard InChI is InChI=1S/C18H25NO5S/c1-6-7-19-18(21)13(3)24-17(20)11-25-10-14-9-16(23-5)15(22-4)8-12(14)2/h6,8-9,13H,1,7,10-11H2,2-5H3,(H,19,21)/t13-/m0/s1. The number of hydrogen-bond donors (Lipinski definition) is 1. The maximum atomic E-state index is 11.8. The molecule has 0 aromatic heterocycles. The maximum Gasteiger partial charge on any atom is 0.316 e. The lowest BCUT2D eigenvalue weighted by Gasteiger charge is -2.14. The van der Waals surface area contributed by atoms with Crippen LogP contribution in [0.1, 0.15) is 18.1 Å². The lowest BCUT2D eigenvalue weighted by Crippen LogP contribution is -2.36. The van der Waals surface area contributed by atoms with E-state index in [4.69, 9.17) is 14.2 Å². The molecule has 0 saturated heterocycles. The van der Waals surface area contributed by atoms with E-state index in [0.29, 0.717) is 23.8 Å². The molecule has 0 aliphatic heterocycles. The van der Waals surface area contributed by atoms with Crippen molar-refractivity contribution in [2.75, 3.05) is 26.5 Å². The molecule has 0 spiro atoms. The Morgan fingerprint density at radius 2 is 1.92 bits per heavy atom. The van der Waals surface area contributed by atoms with E-state index in [1.54, 1.807) is 27.2 Å². The Morgan fingerprint density at radius 1 is 1.28 bits per heavy atom. The molecule has 0 saturated carbocycles. The second-order valence-corrected chi connectivity index (χ2v) is 6.28. The number of aryl methyl sites for hydroxylation is 1. The van der Waals surface area contributed by atoms with Gasteiger partial charge in [0.05, 0.1) is 20.0 Å². The van der Waals surface area contributed by atoms with Gasteiger partial charge in [-0.15, -0.1) is 18.3 Å². The van der Waals surface area contributed by atoms with Gasteiger partial charge in [0.15, 0.2) is 17.6 Å². The smallest absolute Gasteiger partial charge is 0.316 e. The highest BCUT2D eigenvalue weighted by Crippen LogP contribution is 2.31. The zero-order valence-electron chi connectivity index (χ0n) is 15.1. The molecule has 0 bridgehead atoms. The van der Waals surface area contributed by atoms with Gasteiger partial charge in [-0.2, -0.15) is 0 Å². The summed E-state index contributed by atoms with van der Waals surface area (Å²) in [5, 5.41) is 2.58. The summed E-state index contributed by atoms with van der Waals surface area (Å²) in [7, 11) is 3.17. The molecule has 1 amide bonds. The molecule has 0 aliphatic rings. The van der Waals surface area contributed by atoms with Crippen molar-refractivity contribution >= 4 is 23.6 Å². The minimum atomic E-state index is -0.823. The summed E-state index contributed by atoms with van der Waals surface area (Å²) in [4.78, 5) is 23.5. The molecule has 1 atom stereocenters. The van der Waals surface area contributed by atoms with Crippen LogP contribution in [-0.4, -0.2) is 44.5 Å². The molecule has 25 heavy (non-hydrogen) atoms. The molecule has 1 aromatic rings. The SMILES string of the molecule is C=CCNC(=O)[C@H](C)OC(=O)CSCc1cc(OC)c(OC)cc1C. The van der Waals surface area contributed by atoms with E-state index in [-0.39, 0.29) is 11.7 Å². The molecular formula is C18H25NO5S. The fourth-order valence-corrected chi connectivity index (χ4v) is 2.89. The molecule has 1 aromatic carbocycles. The average Bonchev–Trinajstić information content (AvgIpc) is 2.60. The summed E-state index contributed by atoms with van der Waals surface area (Å²) in [5.74, 6) is 1.34. The van der Waals surface area contributed by atoms with Crippen molar-refractivity contribution in [3.05, 3.63) is 35.9 Å². The highest BCUT2D eigenvalue weighted by molar-refractivity contribution is 7.99. The Morgan fingerprint density at radius 3 is 2.52 bits per heavy atom. The molecule has 0 aliphatic carbocycles. The number of carbonyl (C=O) groups excluding carboxylic acids is 2. The zero-order valence-corrected chi connectivity index (χ0v) is 15.9. The molecule has 1 rings (SSSR count). The fourth-order valence-electron chi connectivity index (χ4n) is 2.02. The first-order chi connectivity index (χ1) is 11.9. The van der Waals surface area contributed by atoms with E-state index >= 15 is 0 Å². The Hall–Kier alpha value is -2.15. The van der Waals surface area contributed by atoms with E-state index in [0.717, 1.165) is 11.1 Å². The molecule has 0 unspecified atom stereocenters. The molecule has 0 fully saturated rings. The second-order valence-electron chi connectivity index (χ2n) is 5.29. The highest BCUT2D eigenvalue weighted by atomic mass is 32.2. The van der Waals surface area contributed by atoms with Crippen LogP contribution in [0.3, 0.4) is 0 Å². The Kier molecular flexibility index (Phi) is 8.91. The van der Waals surface area contributed by atoms with Crippen LogP contribution in [-0.2, 0) is 20.1 Å². The zero-order chi connectivity index (χ0) is 18.8. The third-order valence-electron chi connectivity index (χ3n) is 3.42. The predicted octanol–water partition coefficient (Wildman–Crippen LogP) is 2.48. The molecule has 138 valence electrons. The van der Waals surface area contributed by atoms with E-state index in [1.165, 1.54) is 11.8 Å². The minimum absolute atomic E-state index is 0.160. The molecule has 6 nitrogen and oxygen atoms in total. The van der Waals surface area contributed by atoms with Gasteiger partial charge in [0.25, 0.3) is 5.91 Å². The van der Waals surface area contributed by atoms with Crippen LogP contribution in [0.4, 0.5) is 0 Å². The number of nitrogens with one attached hydrogen (secondary N) is 1. The molecule has 7 heteroatoms. The summed E-state index contributed by atoms with van der Waals surface area (Å²) in [6.07, 6.45) is 0.740. The number of amides is 1. The summed E-state index contributed by atoms with van der Waals surface area (Å²) in [6.45, 7) is 7.37. The molecule has 0 radical (unpaired) electrons. The van der Waals surface area contributed by atoms with Gasteiger partial charge >= 0.3 is 5.97 Å². The van der Waals surface area contributed by atoms with Crippen LogP contribution in [0.2, 0.25) is 0 Å². The first kappa shape index (κ1) is 20.9. The number of rotatable bonds is 10. The van der Waals surface area contributed by atoms with Crippen LogP contribution in [0.25, 0.3) is 0 Å². The summed E-state index contributed by atoms with van der Waals surface area (Å²) in [6, 6.07) is 3.80. The number of benzene rings is 1. The number of methoxy groups -OCH3 is 2. The second kappa shape index (κ2) is 10.7. The van der Waals surface area contributed by atoms with Gasteiger partial charge in [-0.1, -0.05) is 6.08 Å². The third-order valence-corrected chi connectivity index (χ3v) is 4.37. The van der Waals surface area contributed by atoms with Gasteiger partial charge in [-0.3, -0.25) is 9.59 Å². The van der Waals surface area contributed by atoms with Crippen LogP contribution >= 0.6 is 11.8 Å². The predicted molar refractivity (Wildman–Crippen MR) is 99.2 cm³/mol. The molecular weight excluding hydrogens is 342 g/mol. The van der Waals surface area contributed by atoms with Gasteiger partial charge < -0.3 is 19.5 Å². The highest BCUT2D eigenvalue weighted by Gasteiger charge is 2.17. The Labute approximate surface area is 152 Å². The largest absolute Gasteiger partial charge is 0.493 e. The monoisotopic (exact) mass is 367 g/mol. The van der Waals surface area contributed by atoms with Crippen molar-refractivity contribution in [2.45, 2.75) is 25.7 Å². The Balaban J connectivity index is 2.50. The number of hydrogen-bond acceptors (Lipinski definition) is 6. The van der Waals surface area contributed by atoms with Crippen LogP contribution in [0, 0.1) is 6.92 Å². The molecule has 1 N–H and O–H groups in total. The fraction of sp³-hybridized carbons (Fsp3) is 0.444. The van der Waals surface area contributed by atoms with E-state index < -0.39 is 12.1 Å². The number of esters is 1. The minimum Gasteiger partial charge on any atom is -0.493 e. The van der Waals surface area contributed by atoms with Crippen LogP contribution < -0.4 is 14.8 Å².